The highest BCUT2D eigenvalue weighted by molar-refractivity contribution is 5.77. The minimum atomic E-state index is 0.220. The minimum Gasteiger partial charge on any atom is -0.508 e. The molecule has 0 unspecified atom stereocenters. The van der Waals surface area contributed by atoms with Gasteiger partial charge in [0.15, 0.2) is 0 Å². The van der Waals surface area contributed by atoms with Crippen LogP contribution in [0.15, 0.2) is 54.6 Å². The van der Waals surface area contributed by atoms with Crippen LogP contribution in [0.4, 0.5) is 0 Å². The number of hydrogen-bond acceptors (Lipinski definition) is 3. The van der Waals surface area contributed by atoms with Gasteiger partial charge in [0.05, 0.1) is 0 Å². The summed E-state index contributed by atoms with van der Waals surface area (Å²) in [6.07, 6.45) is 4.06. The zero-order valence-electron chi connectivity index (χ0n) is 15.8. The van der Waals surface area contributed by atoms with E-state index >= 15 is 0 Å². The van der Waals surface area contributed by atoms with Crippen molar-refractivity contribution in [2.45, 2.75) is 38.8 Å². The molecule has 4 nitrogen and oxygen atoms in total. The number of phenols is 1. The maximum absolute atomic E-state index is 12.5. The van der Waals surface area contributed by atoms with E-state index in [1.807, 2.05) is 30.3 Å². The molecule has 0 radical (unpaired) electrons. The van der Waals surface area contributed by atoms with E-state index in [1.165, 1.54) is 24.0 Å². The van der Waals surface area contributed by atoms with Gasteiger partial charge in [0.1, 0.15) is 5.75 Å². The van der Waals surface area contributed by atoms with Crippen LogP contribution in [0.25, 0.3) is 0 Å². The first-order valence-corrected chi connectivity index (χ1v) is 9.94. The Kier molecular flexibility index (Phi) is 5.17. The fourth-order valence-corrected chi connectivity index (χ4v) is 4.69. The predicted octanol–water partition coefficient (Wildman–Crippen LogP) is 3.80. The summed E-state index contributed by atoms with van der Waals surface area (Å²) >= 11 is 0. The number of benzene rings is 2. The van der Waals surface area contributed by atoms with Crippen molar-refractivity contribution in [2.75, 3.05) is 19.6 Å². The summed E-state index contributed by atoms with van der Waals surface area (Å²) in [5.74, 6) is 0.608. The van der Waals surface area contributed by atoms with E-state index in [0.29, 0.717) is 18.1 Å². The number of nitrogens with zero attached hydrogens (tertiary/aromatic N) is 2. The van der Waals surface area contributed by atoms with Gasteiger partial charge in [-0.25, -0.2) is 0 Å². The van der Waals surface area contributed by atoms with Gasteiger partial charge >= 0.3 is 0 Å². The smallest absolute Gasteiger partial charge is 0.222 e. The van der Waals surface area contributed by atoms with E-state index in [-0.39, 0.29) is 5.41 Å². The van der Waals surface area contributed by atoms with Gasteiger partial charge in [0.2, 0.25) is 5.91 Å². The molecule has 27 heavy (non-hydrogen) atoms. The van der Waals surface area contributed by atoms with Crippen LogP contribution in [-0.4, -0.2) is 40.4 Å². The van der Waals surface area contributed by atoms with Crippen LogP contribution in [0, 0.1) is 5.41 Å². The van der Waals surface area contributed by atoms with Gasteiger partial charge in [-0.05, 0) is 49.1 Å². The van der Waals surface area contributed by atoms with Crippen LogP contribution in [0.2, 0.25) is 0 Å². The average molecular weight is 364 g/mol. The molecule has 0 saturated carbocycles. The number of piperidine rings is 2. The van der Waals surface area contributed by atoms with Crippen molar-refractivity contribution in [3.63, 3.8) is 0 Å². The number of amides is 1. The second kappa shape index (κ2) is 7.73. The number of phenolic OH excluding ortho intramolecular Hbond substituents is 1. The van der Waals surface area contributed by atoms with Crippen LogP contribution < -0.4 is 0 Å². The Labute approximate surface area is 161 Å². The summed E-state index contributed by atoms with van der Waals surface area (Å²) in [6.45, 7) is 4.66. The molecular formula is C23H28N2O2. The molecule has 2 aliphatic heterocycles. The Morgan fingerprint density at radius 1 is 0.889 bits per heavy atom. The Morgan fingerprint density at radius 3 is 2.41 bits per heavy atom. The zero-order chi connectivity index (χ0) is 18.7. The molecule has 1 spiro atoms. The molecule has 4 rings (SSSR count). The van der Waals surface area contributed by atoms with Crippen molar-refractivity contribution in [3.05, 3.63) is 65.7 Å². The minimum absolute atomic E-state index is 0.220. The molecular weight excluding hydrogens is 336 g/mol. The summed E-state index contributed by atoms with van der Waals surface area (Å²) in [6, 6.07) is 17.8. The third kappa shape index (κ3) is 4.33. The van der Waals surface area contributed by atoms with Gasteiger partial charge in [-0.1, -0.05) is 42.5 Å². The molecule has 142 valence electrons. The number of likely N-dealkylation sites (tertiary alicyclic amines) is 2. The molecule has 2 fully saturated rings. The summed E-state index contributed by atoms with van der Waals surface area (Å²) < 4.78 is 0. The third-order valence-electron chi connectivity index (χ3n) is 6.05. The van der Waals surface area contributed by atoms with Crippen LogP contribution in [0.1, 0.15) is 36.8 Å². The number of rotatable bonds is 4. The van der Waals surface area contributed by atoms with Crippen molar-refractivity contribution in [2.24, 2.45) is 5.41 Å². The fourth-order valence-electron chi connectivity index (χ4n) is 4.69. The topological polar surface area (TPSA) is 43.8 Å². The molecule has 2 aliphatic rings. The van der Waals surface area contributed by atoms with Gasteiger partial charge in [-0.15, -0.1) is 0 Å². The van der Waals surface area contributed by atoms with Crippen LogP contribution in [0.5, 0.6) is 5.75 Å². The van der Waals surface area contributed by atoms with E-state index < -0.39 is 0 Å². The molecule has 2 aromatic carbocycles. The maximum Gasteiger partial charge on any atom is 0.222 e. The normalized spacial score (nSPS) is 23.7. The molecule has 1 amide bonds. The second-order valence-electron chi connectivity index (χ2n) is 8.22. The van der Waals surface area contributed by atoms with Crippen molar-refractivity contribution in [3.8, 4) is 5.75 Å². The molecule has 2 saturated heterocycles. The number of carbonyl (C=O) groups excluding carboxylic acids is 1. The van der Waals surface area contributed by atoms with Crippen molar-refractivity contribution < 1.29 is 9.90 Å². The molecule has 2 heterocycles. The highest BCUT2D eigenvalue weighted by Gasteiger charge is 2.41. The second-order valence-corrected chi connectivity index (χ2v) is 8.22. The van der Waals surface area contributed by atoms with E-state index in [9.17, 15) is 9.90 Å². The largest absolute Gasteiger partial charge is 0.508 e. The average Bonchev–Trinajstić information content (AvgIpc) is 2.68. The van der Waals surface area contributed by atoms with E-state index in [4.69, 9.17) is 0 Å². The Balaban J connectivity index is 1.43. The molecule has 2 aromatic rings. The number of aromatic hydroxyl groups is 1. The van der Waals surface area contributed by atoms with Gasteiger partial charge in [0.25, 0.3) is 0 Å². The zero-order valence-corrected chi connectivity index (χ0v) is 15.8. The maximum atomic E-state index is 12.5. The highest BCUT2D eigenvalue weighted by Crippen LogP contribution is 2.39. The van der Waals surface area contributed by atoms with Crippen molar-refractivity contribution in [1.82, 2.24) is 9.80 Å². The monoisotopic (exact) mass is 364 g/mol. The van der Waals surface area contributed by atoms with Gasteiger partial charge in [-0.2, -0.15) is 0 Å². The van der Waals surface area contributed by atoms with Gasteiger partial charge in [0, 0.05) is 38.0 Å². The Morgan fingerprint density at radius 2 is 1.63 bits per heavy atom. The molecule has 0 aromatic heterocycles. The quantitative estimate of drug-likeness (QED) is 0.897. The summed E-state index contributed by atoms with van der Waals surface area (Å²) in [5.41, 5.74) is 2.66. The van der Waals surface area contributed by atoms with E-state index in [0.717, 1.165) is 39.1 Å². The lowest BCUT2D eigenvalue weighted by Crippen LogP contribution is -2.53. The lowest BCUT2D eigenvalue weighted by atomic mass is 9.73. The lowest BCUT2D eigenvalue weighted by Gasteiger charge is -2.48. The Bertz CT molecular complexity index is 775. The number of carbonyl (C=O) groups is 1. The third-order valence-corrected chi connectivity index (χ3v) is 6.05. The highest BCUT2D eigenvalue weighted by atomic mass is 16.3. The van der Waals surface area contributed by atoms with Gasteiger partial charge in [-0.3, -0.25) is 9.69 Å². The van der Waals surface area contributed by atoms with Crippen LogP contribution >= 0.6 is 0 Å². The first kappa shape index (κ1) is 18.1. The van der Waals surface area contributed by atoms with Crippen molar-refractivity contribution >= 4 is 5.91 Å². The SMILES string of the molecule is O=C1CC[C@]2(CCCN(Cc3ccc(O)cc3)C2)CN1Cc1ccccc1. The van der Waals surface area contributed by atoms with Gasteiger partial charge < -0.3 is 10.0 Å². The van der Waals surface area contributed by atoms with E-state index in [2.05, 4.69) is 21.9 Å². The van der Waals surface area contributed by atoms with E-state index in [1.54, 1.807) is 12.1 Å². The lowest BCUT2D eigenvalue weighted by molar-refractivity contribution is -0.140. The predicted molar refractivity (Wildman–Crippen MR) is 106 cm³/mol. The summed E-state index contributed by atoms with van der Waals surface area (Å²) in [4.78, 5) is 17.1. The van der Waals surface area contributed by atoms with Crippen LogP contribution in [0.3, 0.4) is 0 Å². The summed E-state index contributed by atoms with van der Waals surface area (Å²) in [7, 11) is 0. The molecule has 4 heteroatoms. The fraction of sp³-hybridized carbons (Fsp3) is 0.435. The Hall–Kier alpha value is -2.33. The molecule has 0 aliphatic carbocycles. The molecule has 1 N–H and O–H groups in total. The van der Waals surface area contributed by atoms with Crippen molar-refractivity contribution in [1.29, 1.82) is 0 Å². The first-order valence-electron chi connectivity index (χ1n) is 9.94. The van der Waals surface area contributed by atoms with Crippen LogP contribution in [-0.2, 0) is 17.9 Å². The number of hydrogen-bond donors (Lipinski definition) is 1. The summed E-state index contributed by atoms with van der Waals surface area (Å²) in [5, 5.41) is 9.49. The molecule has 1 atom stereocenters. The molecule has 0 bridgehead atoms. The first-order chi connectivity index (χ1) is 13.1. The standard InChI is InChI=1S/C23H28N2O2/c26-21-9-7-20(8-10-21)15-24-14-4-12-23(17-24)13-11-22(27)25(18-23)16-19-5-2-1-3-6-19/h1-3,5-10,26H,4,11-18H2/t23-/m0/s1.